The van der Waals surface area contributed by atoms with Gasteiger partial charge in [-0.2, -0.15) is 0 Å². The Hall–Kier alpha value is -1.16. The zero-order valence-corrected chi connectivity index (χ0v) is 30.9. The Bertz CT molecular complexity index is 614. The average molecular weight is 636 g/mol. The molecule has 3 N–H and O–H groups in total. The van der Waals surface area contributed by atoms with Crippen LogP contribution in [-0.4, -0.2) is 23.4 Å². The number of nitrogens with two attached hydrogens (primary N) is 1. The molecule has 0 saturated heterocycles. The van der Waals surface area contributed by atoms with Crippen molar-refractivity contribution >= 4 is 11.8 Å². The van der Waals surface area contributed by atoms with Crippen molar-refractivity contribution < 1.29 is 14.7 Å². The molecule has 1 unspecified atom stereocenters. The Labute approximate surface area is 282 Å². The van der Waals surface area contributed by atoms with Crippen LogP contribution >= 0.6 is 0 Å². The number of carbonyl (C=O) groups is 2. The van der Waals surface area contributed by atoms with Crippen LogP contribution in [0.25, 0.3) is 0 Å². The number of hydrogen-bond donors (Lipinski definition) is 2. The van der Waals surface area contributed by atoms with Crippen molar-refractivity contribution in [1.82, 2.24) is 0 Å². The molecule has 0 aromatic carbocycles. The van der Waals surface area contributed by atoms with Gasteiger partial charge in [0.2, 0.25) is 0 Å². The molecule has 0 aliphatic rings. The van der Waals surface area contributed by atoms with Gasteiger partial charge in [-0.3, -0.25) is 9.59 Å². The molecule has 0 heterocycles. The molecule has 0 radical (unpaired) electrons. The molecule has 0 aliphatic heterocycles. The second-order valence-electron chi connectivity index (χ2n) is 13.6. The third-order valence-electron chi connectivity index (χ3n) is 9.03. The van der Waals surface area contributed by atoms with Gasteiger partial charge in [0, 0.05) is 6.42 Å². The minimum absolute atomic E-state index is 0.0465. The monoisotopic (exact) mass is 636 g/mol. The maximum absolute atomic E-state index is 12.5. The summed E-state index contributed by atoms with van der Waals surface area (Å²) < 4.78 is 0. The summed E-state index contributed by atoms with van der Waals surface area (Å²) in [6, 6.07) is 0. The maximum Gasteiger partial charge on any atom is 0.314 e. The Morgan fingerprint density at radius 1 is 0.489 bits per heavy atom. The quantitative estimate of drug-likeness (QED) is 0.0412. The number of ketones is 1. The van der Waals surface area contributed by atoms with Crippen LogP contribution in [-0.2, 0) is 9.59 Å². The third kappa shape index (κ3) is 38.9. The maximum atomic E-state index is 12.5. The molecule has 4 nitrogen and oxygen atoms in total. The predicted molar refractivity (Wildman–Crippen MR) is 199 cm³/mol. The second-order valence-corrected chi connectivity index (χ2v) is 13.6. The van der Waals surface area contributed by atoms with Gasteiger partial charge in [0.15, 0.2) is 0 Å². The highest BCUT2D eigenvalue weighted by atomic mass is 16.4. The molecule has 0 fully saturated rings. The van der Waals surface area contributed by atoms with Crippen LogP contribution in [0.15, 0.2) is 12.2 Å². The molecule has 0 saturated carbocycles. The molecule has 45 heavy (non-hydrogen) atoms. The van der Waals surface area contributed by atoms with Gasteiger partial charge in [-0.05, 0) is 51.5 Å². The fraction of sp³-hybridized carbons (Fsp3) is 0.902. The molecule has 0 spiro atoms. The number of hydrogen-bond acceptors (Lipinski definition) is 3. The molecule has 0 aliphatic carbocycles. The molecule has 4 heteroatoms. The number of unbranched alkanes of at least 4 members (excludes halogenated alkanes) is 26. The average Bonchev–Trinajstić information content (AvgIpc) is 3.03. The summed E-state index contributed by atoms with van der Waals surface area (Å²) in [4.78, 5) is 24.1. The van der Waals surface area contributed by atoms with E-state index in [-0.39, 0.29) is 5.78 Å². The van der Waals surface area contributed by atoms with E-state index in [2.05, 4.69) is 32.9 Å². The van der Waals surface area contributed by atoms with Gasteiger partial charge in [0.25, 0.3) is 0 Å². The topological polar surface area (TPSA) is 80.4 Å². The first-order chi connectivity index (χ1) is 22.0. The SMILES string of the molecule is CCCCCCCC/C=C\CCCCCCCC(=O)C(CCCCCCCCCCCCCCCC)C(=O)O.CCCCCN. The van der Waals surface area contributed by atoms with Crippen molar-refractivity contribution in [3.8, 4) is 0 Å². The summed E-state index contributed by atoms with van der Waals surface area (Å²) in [7, 11) is 0. The Morgan fingerprint density at radius 2 is 0.822 bits per heavy atom. The highest BCUT2D eigenvalue weighted by molar-refractivity contribution is 5.98. The summed E-state index contributed by atoms with van der Waals surface area (Å²) in [5.41, 5.74) is 5.21. The molecular formula is C41H81NO3. The normalized spacial score (nSPS) is 11.9. The zero-order chi connectivity index (χ0) is 33.5. The molecular weight excluding hydrogens is 554 g/mol. The minimum Gasteiger partial charge on any atom is -0.481 e. The number of rotatable bonds is 35. The molecule has 268 valence electrons. The lowest BCUT2D eigenvalue weighted by molar-refractivity contribution is -0.146. The van der Waals surface area contributed by atoms with E-state index in [1.807, 2.05) is 0 Å². The lowest BCUT2D eigenvalue weighted by Crippen LogP contribution is -2.23. The zero-order valence-electron chi connectivity index (χ0n) is 30.9. The van der Waals surface area contributed by atoms with E-state index < -0.39 is 11.9 Å². The van der Waals surface area contributed by atoms with Gasteiger partial charge >= 0.3 is 5.97 Å². The largest absolute Gasteiger partial charge is 0.481 e. The standard InChI is InChI=1S/C36H68O3.C5H13N/c1-3-5-7-9-11-13-15-17-19-21-23-25-27-29-31-33-35(37)34(36(38)39)32-30-28-26-24-22-20-18-16-14-12-10-8-6-4-2;1-2-3-4-5-6/h17,19,34H,3-16,18,20-33H2,1-2H3,(H,38,39);2-6H2,1H3/b19-17-;. The van der Waals surface area contributed by atoms with Gasteiger partial charge in [-0.25, -0.2) is 0 Å². The number of carbonyl (C=O) groups excluding carboxylic acids is 1. The van der Waals surface area contributed by atoms with Crippen molar-refractivity contribution in [3.63, 3.8) is 0 Å². The van der Waals surface area contributed by atoms with Crippen LogP contribution in [0.5, 0.6) is 0 Å². The highest BCUT2D eigenvalue weighted by Crippen LogP contribution is 2.18. The minimum atomic E-state index is -0.914. The predicted octanol–water partition coefficient (Wildman–Crippen LogP) is 13.3. The molecule has 1 atom stereocenters. The van der Waals surface area contributed by atoms with Gasteiger partial charge in [-0.15, -0.1) is 0 Å². The fourth-order valence-corrected chi connectivity index (χ4v) is 5.90. The molecule has 0 aromatic rings. The first-order valence-electron chi connectivity index (χ1n) is 20.2. The van der Waals surface area contributed by atoms with Crippen LogP contribution in [0, 0.1) is 5.92 Å². The van der Waals surface area contributed by atoms with Crippen LogP contribution in [0.4, 0.5) is 0 Å². The van der Waals surface area contributed by atoms with Crippen LogP contribution in [0.1, 0.15) is 226 Å². The van der Waals surface area contributed by atoms with E-state index in [1.54, 1.807) is 0 Å². The second kappa shape index (κ2) is 40.9. The van der Waals surface area contributed by atoms with Crippen LogP contribution in [0.3, 0.4) is 0 Å². The summed E-state index contributed by atoms with van der Waals surface area (Å²) in [5.74, 6) is -1.74. The molecule has 0 aromatic heterocycles. The van der Waals surface area contributed by atoms with Gasteiger partial charge in [-0.1, -0.05) is 187 Å². The first kappa shape index (κ1) is 46.0. The third-order valence-corrected chi connectivity index (χ3v) is 9.03. The summed E-state index contributed by atoms with van der Waals surface area (Å²) in [6.07, 6.45) is 43.4. The number of aliphatic carboxylic acids is 1. The Morgan fingerprint density at radius 3 is 1.18 bits per heavy atom. The molecule has 0 rings (SSSR count). The van der Waals surface area contributed by atoms with Gasteiger partial charge in [0.05, 0.1) is 0 Å². The van der Waals surface area contributed by atoms with E-state index in [0.717, 1.165) is 45.1 Å². The number of Topliss-reactive ketones (excluding diaryl/α,β-unsaturated/α-hetero) is 1. The first-order valence-corrected chi connectivity index (χ1v) is 20.2. The van der Waals surface area contributed by atoms with E-state index in [1.165, 1.54) is 154 Å². The Kier molecular flexibility index (Phi) is 41.7. The van der Waals surface area contributed by atoms with Crippen molar-refractivity contribution in [2.45, 2.75) is 226 Å². The van der Waals surface area contributed by atoms with Gasteiger partial charge in [0.1, 0.15) is 11.7 Å². The molecule has 0 bridgehead atoms. The van der Waals surface area contributed by atoms with E-state index in [9.17, 15) is 14.7 Å². The number of allylic oxidation sites excluding steroid dienone is 2. The molecule has 0 amide bonds. The number of carboxylic acid groups (broad SMARTS) is 1. The number of carboxylic acids is 1. The van der Waals surface area contributed by atoms with Crippen molar-refractivity contribution in [2.24, 2.45) is 11.7 Å². The lowest BCUT2D eigenvalue weighted by atomic mass is 9.93. The van der Waals surface area contributed by atoms with Crippen molar-refractivity contribution in [1.29, 1.82) is 0 Å². The van der Waals surface area contributed by atoms with E-state index in [4.69, 9.17) is 5.73 Å². The summed E-state index contributed by atoms with van der Waals surface area (Å²) in [5, 5.41) is 9.55. The van der Waals surface area contributed by atoms with Crippen molar-refractivity contribution in [3.05, 3.63) is 12.2 Å². The smallest absolute Gasteiger partial charge is 0.314 e. The van der Waals surface area contributed by atoms with Gasteiger partial charge < -0.3 is 10.8 Å². The van der Waals surface area contributed by atoms with Crippen LogP contribution < -0.4 is 5.73 Å². The van der Waals surface area contributed by atoms with Crippen LogP contribution in [0.2, 0.25) is 0 Å². The summed E-state index contributed by atoms with van der Waals surface area (Å²) >= 11 is 0. The van der Waals surface area contributed by atoms with E-state index in [0.29, 0.717) is 12.8 Å². The highest BCUT2D eigenvalue weighted by Gasteiger charge is 2.24. The summed E-state index contributed by atoms with van der Waals surface area (Å²) in [6.45, 7) is 7.56. The van der Waals surface area contributed by atoms with E-state index >= 15 is 0 Å². The fourth-order valence-electron chi connectivity index (χ4n) is 5.90. The van der Waals surface area contributed by atoms with Crippen molar-refractivity contribution in [2.75, 3.05) is 6.54 Å². The lowest BCUT2D eigenvalue weighted by Gasteiger charge is -2.11. The Balaban J connectivity index is 0.